The molecule has 0 aliphatic carbocycles. The summed E-state index contributed by atoms with van der Waals surface area (Å²) >= 11 is 0. The smallest absolute Gasteiger partial charge is 0.338 e. The lowest BCUT2D eigenvalue weighted by molar-refractivity contribution is -0.139. The number of nitrogens with one attached hydrogen (secondary N) is 1. The topological polar surface area (TPSA) is 81.9 Å². The van der Waals surface area contributed by atoms with Gasteiger partial charge in [-0.05, 0) is 54.8 Å². The number of aryl methyl sites for hydroxylation is 2. The third-order valence-corrected chi connectivity index (χ3v) is 4.03. The third-order valence-electron chi connectivity index (χ3n) is 4.03. The van der Waals surface area contributed by atoms with Crippen molar-refractivity contribution in [2.75, 3.05) is 11.9 Å². The lowest BCUT2D eigenvalue weighted by Crippen LogP contribution is -2.30. The van der Waals surface area contributed by atoms with Crippen LogP contribution >= 0.6 is 0 Å². The number of hydrogen-bond acceptors (Lipinski definition) is 6. The number of esters is 1. The maximum absolute atomic E-state index is 12.5. The summed E-state index contributed by atoms with van der Waals surface area (Å²) in [6.45, 7) is 7.99. The molecule has 0 spiro atoms. The van der Waals surface area contributed by atoms with Crippen molar-refractivity contribution in [2.45, 2.75) is 33.7 Å². The zero-order valence-electron chi connectivity index (χ0n) is 13.6. The minimum Gasteiger partial charge on any atom is -0.463 e. The molecule has 1 aliphatic rings. The molecule has 1 unspecified atom stereocenters. The number of allylic oxidation sites excluding steroid dienone is 1. The fourth-order valence-corrected chi connectivity index (χ4v) is 3.01. The Morgan fingerprint density at radius 1 is 1.30 bits per heavy atom. The number of hydrogen-bond donors (Lipinski definition) is 1. The summed E-state index contributed by atoms with van der Waals surface area (Å²) in [4.78, 5) is 12.5. The third kappa shape index (κ3) is 2.48. The Morgan fingerprint density at radius 3 is 2.65 bits per heavy atom. The van der Waals surface area contributed by atoms with Gasteiger partial charge in [0.25, 0.3) is 0 Å². The van der Waals surface area contributed by atoms with Crippen molar-refractivity contribution in [1.82, 2.24) is 20.2 Å². The van der Waals surface area contributed by atoms with E-state index in [9.17, 15) is 4.79 Å². The number of nitrogens with zero attached hydrogens (tertiary/aromatic N) is 4. The first kappa shape index (κ1) is 15.2. The molecule has 1 aromatic heterocycles. The van der Waals surface area contributed by atoms with Crippen LogP contribution in [0.1, 0.15) is 36.6 Å². The Labute approximate surface area is 134 Å². The van der Waals surface area contributed by atoms with E-state index in [4.69, 9.17) is 4.74 Å². The van der Waals surface area contributed by atoms with Gasteiger partial charge < -0.3 is 10.1 Å². The van der Waals surface area contributed by atoms with Crippen molar-refractivity contribution in [1.29, 1.82) is 0 Å². The van der Waals surface area contributed by atoms with Gasteiger partial charge in [0.1, 0.15) is 6.04 Å². The number of carbonyl (C=O) groups is 1. The number of ether oxygens (including phenoxy) is 1. The van der Waals surface area contributed by atoms with Crippen LogP contribution in [0, 0.1) is 13.8 Å². The van der Waals surface area contributed by atoms with Crippen molar-refractivity contribution >= 4 is 11.9 Å². The molecule has 7 nitrogen and oxygen atoms in total. The minimum absolute atomic E-state index is 0.317. The maximum atomic E-state index is 12.5. The second-order valence-electron chi connectivity index (χ2n) is 5.54. The Hall–Kier alpha value is -2.70. The van der Waals surface area contributed by atoms with Crippen LogP contribution in [-0.2, 0) is 9.53 Å². The maximum Gasteiger partial charge on any atom is 0.338 e. The summed E-state index contributed by atoms with van der Waals surface area (Å²) in [7, 11) is 0. The number of benzene rings is 1. The van der Waals surface area contributed by atoms with Gasteiger partial charge in [0, 0.05) is 5.70 Å². The van der Waals surface area contributed by atoms with E-state index in [1.807, 2.05) is 39.0 Å². The largest absolute Gasteiger partial charge is 0.463 e. The molecule has 0 amide bonds. The molecule has 0 radical (unpaired) electrons. The number of anilines is 1. The van der Waals surface area contributed by atoms with E-state index >= 15 is 0 Å². The van der Waals surface area contributed by atoms with Gasteiger partial charge in [0.05, 0.1) is 12.2 Å². The van der Waals surface area contributed by atoms with E-state index < -0.39 is 6.04 Å². The van der Waals surface area contributed by atoms with Crippen molar-refractivity contribution in [2.24, 2.45) is 0 Å². The van der Waals surface area contributed by atoms with Gasteiger partial charge in [0.2, 0.25) is 5.95 Å². The average Bonchev–Trinajstić information content (AvgIpc) is 2.94. The summed E-state index contributed by atoms with van der Waals surface area (Å²) in [5.74, 6) is 0.162. The van der Waals surface area contributed by atoms with E-state index in [2.05, 4.69) is 20.8 Å². The van der Waals surface area contributed by atoms with E-state index in [-0.39, 0.29) is 5.97 Å². The highest BCUT2D eigenvalue weighted by Gasteiger charge is 2.36. The van der Waals surface area contributed by atoms with Gasteiger partial charge in [-0.1, -0.05) is 23.3 Å². The standard InChI is InChI=1S/C16H19N5O2/c1-5-23-15(22)13-11(4)17-16-18-19-20-21(16)14(13)12-9(2)7-6-8-10(12)3/h6-8,14H,5H2,1-4H3,(H,17,18,20). The SMILES string of the molecule is CCOC(=O)C1=C(C)Nc2nnnn2C1c1c(C)cccc1C. The van der Waals surface area contributed by atoms with Crippen LogP contribution < -0.4 is 5.32 Å². The first-order valence-corrected chi connectivity index (χ1v) is 7.53. The first-order chi connectivity index (χ1) is 11.0. The quantitative estimate of drug-likeness (QED) is 0.874. The van der Waals surface area contributed by atoms with Crippen LogP contribution in [0.25, 0.3) is 0 Å². The Kier molecular flexibility index (Phi) is 3.85. The second-order valence-corrected chi connectivity index (χ2v) is 5.54. The van der Waals surface area contributed by atoms with Crippen LogP contribution in [0.3, 0.4) is 0 Å². The van der Waals surface area contributed by atoms with Gasteiger partial charge in [0.15, 0.2) is 0 Å². The van der Waals surface area contributed by atoms with E-state index in [0.29, 0.717) is 23.8 Å². The van der Waals surface area contributed by atoms with Crippen molar-refractivity contribution in [3.8, 4) is 0 Å². The summed E-state index contributed by atoms with van der Waals surface area (Å²) in [6.07, 6.45) is 0. The predicted octanol–water partition coefficient (Wildman–Crippen LogP) is 2.14. The van der Waals surface area contributed by atoms with Crippen LogP contribution in [0.2, 0.25) is 0 Å². The number of aromatic nitrogens is 4. The Morgan fingerprint density at radius 2 is 2.00 bits per heavy atom. The highest BCUT2D eigenvalue weighted by atomic mass is 16.5. The average molecular weight is 313 g/mol. The minimum atomic E-state index is -0.401. The summed E-state index contributed by atoms with van der Waals surface area (Å²) in [5.41, 5.74) is 4.41. The summed E-state index contributed by atoms with van der Waals surface area (Å²) < 4.78 is 6.89. The number of fused-ring (bicyclic) bond motifs is 1. The highest BCUT2D eigenvalue weighted by Crippen LogP contribution is 2.37. The summed E-state index contributed by atoms with van der Waals surface area (Å²) in [6, 6.07) is 5.64. The van der Waals surface area contributed by atoms with E-state index in [0.717, 1.165) is 16.7 Å². The molecule has 1 aromatic carbocycles. The van der Waals surface area contributed by atoms with Crippen LogP contribution in [-0.4, -0.2) is 32.8 Å². The zero-order chi connectivity index (χ0) is 16.6. The molecule has 0 fully saturated rings. The first-order valence-electron chi connectivity index (χ1n) is 7.53. The molecule has 1 aliphatic heterocycles. The normalized spacial score (nSPS) is 16.8. The molecule has 0 saturated heterocycles. The molecular formula is C16H19N5O2. The molecule has 7 heteroatoms. The number of rotatable bonds is 3. The molecular weight excluding hydrogens is 294 g/mol. The van der Waals surface area contributed by atoms with Gasteiger partial charge in [-0.25, -0.2) is 4.79 Å². The number of tetrazole rings is 1. The highest BCUT2D eigenvalue weighted by molar-refractivity contribution is 5.92. The van der Waals surface area contributed by atoms with Gasteiger partial charge in [-0.2, -0.15) is 4.68 Å². The molecule has 2 aromatic rings. The lowest BCUT2D eigenvalue weighted by Gasteiger charge is -2.29. The van der Waals surface area contributed by atoms with Gasteiger partial charge in [-0.3, -0.25) is 0 Å². The molecule has 23 heavy (non-hydrogen) atoms. The van der Waals surface area contributed by atoms with Crippen molar-refractivity contribution in [3.63, 3.8) is 0 Å². The molecule has 0 saturated carbocycles. The molecule has 120 valence electrons. The molecule has 3 rings (SSSR count). The predicted molar refractivity (Wildman–Crippen MR) is 84.8 cm³/mol. The Balaban J connectivity index is 2.23. The van der Waals surface area contributed by atoms with Gasteiger partial charge >= 0.3 is 5.97 Å². The zero-order valence-corrected chi connectivity index (χ0v) is 13.6. The molecule has 1 atom stereocenters. The van der Waals surface area contributed by atoms with Crippen LogP contribution in [0.15, 0.2) is 29.5 Å². The van der Waals surface area contributed by atoms with Crippen LogP contribution in [0.4, 0.5) is 5.95 Å². The molecule has 0 bridgehead atoms. The fourth-order valence-electron chi connectivity index (χ4n) is 3.01. The lowest BCUT2D eigenvalue weighted by atomic mass is 9.89. The second kappa shape index (κ2) is 5.83. The molecule has 2 heterocycles. The van der Waals surface area contributed by atoms with Crippen molar-refractivity contribution in [3.05, 3.63) is 46.2 Å². The molecule has 1 N–H and O–H groups in total. The van der Waals surface area contributed by atoms with E-state index in [1.165, 1.54) is 0 Å². The number of carbonyl (C=O) groups excluding carboxylic acids is 1. The van der Waals surface area contributed by atoms with Crippen molar-refractivity contribution < 1.29 is 9.53 Å². The Bertz CT molecular complexity index is 773. The monoisotopic (exact) mass is 313 g/mol. The van der Waals surface area contributed by atoms with Gasteiger partial charge in [-0.15, -0.1) is 0 Å². The van der Waals surface area contributed by atoms with E-state index in [1.54, 1.807) is 11.6 Å². The van der Waals surface area contributed by atoms with Crippen LogP contribution in [0.5, 0.6) is 0 Å². The fraction of sp³-hybridized carbons (Fsp3) is 0.375. The summed E-state index contributed by atoms with van der Waals surface area (Å²) in [5, 5.41) is 14.9.